The van der Waals surface area contributed by atoms with Gasteiger partial charge in [-0.1, -0.05) is 32.4 Å². The third-order valence-electron chi connectivity index (χ3n) is 4.05. The Morgan fingerprint density at radius 2 is 2.09 bits per heavy atom. The molecule has 1 fully saturated rings. The fourth-order valence-electron chi connectivity index (χ4n) is 3.27. The average Bonchev–Trinajstić information content (AvgIpc) is 1.84. The summed E-state index contributed by atoms with van der Waals surface area (Å²) in [6.45, 7) is 9.53. The smallest absolute Gasteiger partial charge is 0.0149 e. The minimum absolute atomic E-state index is 0.609. The fourth-order valence-corrected chi connectivity index (χ4v) is 3.27. The molecular formula is C11H18. The Balaban J connectivity index is 2.34. The molecule has 0 nitrogen and oxygen atoms in total. The van der Waals surface area contributed by atoms with E-state index in [0.717, 1.165) is 17.8 Å². The van der Waals surface area contributed by atoms with Gasteiger partial charge in [-0.05, 0) is 36.5 Å². The van der Waals surface area contributed by atoms with Crippen LogP contribution < -0.4 is 0 Å². The van der Waals surface area contributed by atoms with Crippen LogP contribution in [-0.2, 0) is 0 Å². The highest BCUT2D eigenvalue weighted by molar-refractivity contribution is 5.23. The van der Waals surface area contributed by atoms with E-state index in [-0.39, 0.29) is 0 Å². The van der Waals surface area contributed by atoms with Gasteiger partial charge in [0.25, 0.3) is 0 Å². The van der Waals surface area contributed by atoms with E-state index in [1.807, 2.05) is 0 Å². The van der Waals surface area contributed by atoms with Gasteiger partial charge in [0.15, 0.2) is 0 Å². The maximum Gasteiger partial charge on any atom is -0.0149 e. The number of hydrogen-bond donors (Lipinski definition) is 0. The topological polar surface area (TPSA) is 0 Å². The summed E-state index contributed by atoms with van der Waals surface area (Å²) in [5.41, 5.74) is 2.25. The second-order valence-electron chi connectivity index (χ2n) is 4.99. The first-order valence-electron chi connectivity index (χ1n) is 4.72. The minimum Gasteiger partial charge on any atom is -0.0822 e. The molecule has 0 heterocycles. The molecule has 1 unspecified atom stereocenters. The van der Waals surface area contributed by atoms with Gasteiger partial charge in [0.05, 0.1) is 0 Å². The summed E-state index contributed by atoms with van der Waals surface area (Å²) in [5, 5.41) is 0. The molecule has 0 spiro atoms. The van der Waals surface area contributed by atoms with E-state index in [0.29, 0.717) is 5.41 Å². The molecule has 11 heavy (non-hydrogen) atoms. The van der Waals surface area contributed by atoms with Gasteiger partial charge in [-0.25, -0.2) is 0 Å². The van der Waals surface area contributed by atoms with Crippen molar-refractivity contribution in [3.05, 3.63) is 11.6 Å². The van der Waals surface area contributed by atoms with Gasteiger partial charge in [-0.3, -0.25) is 0 Å². The molecule has 3 aliphatic rings. The number of hydrogen-bond acceptors (Lipinski definition) is 0. The van der Waals surface area contributed by atoms with Gasteiger partial charge in [0.1, 0.15) is 0 Å². The summed E-state index contributed by atoms with van der Waals surface area (Å²) >= 11 is 0. The monoisotopic (exact) mass is 150 g/mol. The van der Waals surface area contributed by atoms with Gasteiger partial charge in [-0.2, -0.15) is 0 Å². The average molecular weight is 150 g/mol. The van der Waals surface area contributed by atoms with Gasteiger partial charge in [-0.15, -0.1) is 0 Å². The second kappa shape index (κ2) is 1.91. The molecule has 0 heteroatoms. The number of allylic oxidation sites excluding steroid dienone is 2. The summed E-state index contributed by atoms with van der Waals surface area (Å²) in [4.78, 5) is 0. The van der Waals surface area contributed by atoms with Crippen LogP contribution in [0.3, 0.4) is 0 Å². The van der Waals surface area contributed by atoms with E-state index in [2.05, 4.69) is 33.8 Å². The molecule has 3 atom stereocenters. The lowest BCUT2D eigenvalue weighted by atomic mass is 9.46. The zero-order chi connectivity index (χ0) is 8.22. The molecule has 1 saturated carbocycles. The molecule has 0 N–H and O–H groups in total. The van der Waals surface area contributed by atoms with Crippen molar-refractivity contribution in [3.8, 4) is 0 Å². The van der Waals surface area contributed by atoms with Crippen molar-refractivity contribution < 1.29 is 0 Å². The van der Waals surface area contributed by atoms with Crippen LogP contribution in [0.1, 0.15) is 34.1 Å². The Morgan fingerprint density at radius 3 is 2.45 bits per heavy atom. The van der Waals surface area contributed by atoms with Gasteiger partial charge < -0.3 is 0 Å². The van der Waals surface area contributed by atoms with Gasteiger partial charge >= 0.3 is 0 Å². The summed E-state index contributed by atoms with van der Waals surface area (Å²) < 4.78 is 0. The van der Waals surface area contributed by atoms with Crippen LogP contribution in [0.15, 0.2) is 11.6 Å². The molecule has 2 bridgehead atoms. The van der Waals surface area contributed by atoms with Gasteiger partial charge in [0.2, 0.25) is 0 Å². The normalized spacial score (nSPS) is 46.2. The summed E-state index contributed by atoms with van der Waals surface area (Å²) in [5.74, 6) is 2.70. The molecule has 0 aromatic heterocycles. The lowest BCUT2D eigenvalue weighted by Crippen LogP contribution is -2.50. The third-order valence-corrected chi connectivity index (χ3v) is 4.05. The van der Waals surface area contributed by atoms with Crippen molar-refractivity contribution >= 4 is 0 Å². The van der Waals surface area contributed by atoms with E-state index in [9.17, 15) is 0 Å². The molecule has 0 aromatic rings. The first-order chi connectivity index (χ1) is 5.03. The van der Waals surface area contributed by atoms with Crippen LogP contribution in [0.25, 0.3) is 0 Å². The SMILES string of the molecule is CC1=CC(C)[C@@H]2C[C@H]1C2(C)C. The first-order valence-corrected chi connectivity index (χ1v) is 4.72. The number of fused-ring (bicyclic) bond motifs is 1. The Hall–Kier alpha value is -0.260. The van der Waals surface area contributed by atoms with E-state index < -0.39 is 0 Å². The molecule has 3 aliphatic carbocycles. The van der Waals surface area contributed by atoms with E-state index in [1.54, 1.807) is 5.57 Å². The van der Waals surface area contributed by atoms with E-state index >= 15 is 0 Å². The second-order valence-corrected chi connectivity index (χ2v) is 4.99. The quantitative estimate of drug-likeness (QED) is 0.465. The van der Waals surface area contributed by atoms with Crippen LogP contribution in [-0.4, -0.2) is 0 Å². The largest absolute Gasteiger partial charge is 0.0822 e. The third kappa shape index (κ3) is 0.758. The molecule has 0 aromatic carbocycles. The molecule has 0 amide bonds. The van der Waals surface area contributed by atoms with Crippen molar-refractivity contribution in [1.29, 1.82) is 0 Å². The lowest BCUT2D eigenvalue weighted by molar-refractivity contribution is -0.0343. The zero-order valence-corrected chi connectivity index (χ0v) is 8.02. The van der Waals surface area contributed by atoms with Crippen molar-refractivity contribution in [2.75, 3.05) is 0 Å². The highest BCUT2D eigenvalue weighted by Gasteiger charge is 2.52. The molecule has 0 aliphatic heterocycles. The Bertz CT molecular complexity index is 210. The molecular weight excluding hydrogens is 132 g/mol. The zero-order valence-electron chi connectivity index (χ0n) is 8.02. The van der Waals surface area contributed by atoms with Crippen molar-refractivity contribution in [3.63, 3.8) is 0 Å². The maximum atomic E-state index is 2.48. The predicted octanol–water partition coefficient (Wildman–Crippen LogP) is 3.24. The Morgan fingerprint density at radius 1 is 1.45 bits per heavy atom. The molecule has 3 rings (SSSR count). The van der Waals surface area contributed by atoms with Crippen molar-refractivity contribution in [1.82, 2.24) is 0 Å². The highest BCUT2D eigenvalue weighted by atomic mass is 14.6. The van der Waals surface area contributed by atoms with Crippen molar-refractivity contribution in [2.24, 2.45) is 23.2 Å². The minimum atomic E-state index is 0.609. The maximum absolute atomic E-state index is 2.48. The van der Waals surface area contributed by atoms with E-state index in [1.165, 1.54) is 6.42 Å². The Kier molecular flexibility index (Phi) is 1.28. The highest BCUT2D eigenvalue weighted by Crippen LogP contribution is 2.60. The Labute approximate surface area is 69.7 Å². The molecule has 0 saturated heterocycles. The summed E-state index contributed by atoms with van der Waals surface area (Å²) in [6, 6.07) is 0. The lowest BCUT2D eigenvalue weighted by Gasteiger charge is -2.58. The van der Waals surface area contributed by atoms with Crippen LogP contribution in [0.5, 0.6) is 0 Å². The first kappa shape index (κ1) is 7.39. The van der Waals surface area contributed by atoms with E-state index in [4.69, 9.17) is 0 Å². The number of rotatable bonds is 0. The van der Waals surface area contributed by atoms with Crippen LogP contribution in [0, 0.1) is 23.2 Å². The van der Waals surface area contributed by atoms with Crippen molar-refractivity contribution in [2.45, 2.75) is 34.1 Å². The van der Waals surface area contributed by atoms with Crippen LogP contribution >= 0.6 is 0 Å². The predicted molar refractivity (Wildman–Crippen MR) is 48.3 cm³/mol. The fraction of sp³-hybridized carbons (Fsp3) is 0.818. The summed E-state index contributed by atoms with van der Waals surface area (Å²) in [6.07, 6.45) is 3.93. The van der Waals surface area contributed by atoms with Gasteiger partial charge in [0, 0.05) is 0 Å². The van der Waals surface area contributed by atoms with Crippen LogP contribution in [0.4, 0.5) is 0 Å². The van der Waals surface area contributed by atoms with Crippen LogP contribution in [0.2, 0.25) is 0 Å². The summed E-state index contributed by atoms with van der Waals surface area (Å²) in [7, 11) is 0. The molecule has 0 radical (unpaired) electrons. The standard InChI is InChI=1S/C11H18/c1-7-5-8(2)10-6-9(7)11(10,3)4/h5,7,9-10H,6H2,1-4H3/t7?,9-,10+/m0/s1. The molecule has 62 valence electrons.